The van der Waals surface area contributed by atoms with E-state index in [1.54, 1.807) is 24.1 Å². The Morgan fingerprint density at radius 3 is 2.00 bits per heavy atom. The molecular formula is C14H20N2O3. The maximum atomic E-state index is 12.1. The molecule has 104 valence electrons. The zero-order valence-electron chi connectivity index (χ0n) is 11.6. The molecule has 0 spiro atoms. The average molecular weight is 264 g/mol. The van der Waals surface area contributed by atoms with Crippen LogP contribution in [0.4, 0.5) is 0 Å². The Bertz CT molecular complexity index is 441. The molecule has 0 atom stereocenters. The molecule has 0 radical (unpaired) electrons. The SMILES string of the molecule is CN(C)CCCN(C)C(=O)c1ccc(C(=O)O)cc1. The van der Waals surface area contributed by atoms with E-state index in [2.05, 4.69) is 4.90 Å². The summed E-state index contributed by atoms with van der Waals surface area (Å²) in [6.45, 7) is 1.60. The second kappa shape index (κ2) is 6.89. The maximum absolute atomic E-state index is 12.1. The quantitative estimate of drug-likeness (QED) is 0.844. The smallest absolute Gasteiger partial charge is 0.335 e. The first-order chi connectivity index (χ1) is 8.91. The molecule has 0 aliphatic heterocycles. The molecule has 19 heavy (non-hydrogen) atoms. The van der Waals surface area contributed by atoms with Crippen LogP contribution in [0.3, 0.4) is 0 Å². The van der Waals surface area contributed by atoms with Crippen molar-refractivity contribution in [1.29, 1.82) is 0 Å². The van der Waals surface area contributed by atoms with Gasteiger partial charge in [-0.3, -0.25) is 4.79 Å². The first-order valence-electron chi connectivity index (χ1n) is 6.15. The van der Waals surface area contributed by atoms with Crippen LogP contribution in [0.1, 0.15) is 27.1 Å². The lowest BCUT2D eigenvalue weighted by Crippen LogP contribution is -2.29. The van der Waals surface area contributed by atoms with Crippen LogP contribution in [0.5, 0.6) is 0 Å². The van der Waals surface area contributed by atoms with Gasteiger partial charge in [0.25, 0.3) is 5.91 Å². The van der Waals surface area contributed by atoms with Crippen molar-refractivity contribution < 1.29 is 14.7 Å². The molecule has 0 aromatic heterocycles. The van der Waals surface area contributed by atoms with Crippen molar-refractivity contribution in [3.05, 3.63) is 35.4 Å². The molecule has 0 fully saturated rings. The zero-order chi connectivity index (χ0) is 14.4. The largest absolute Gasteiger partial charge is 0.478 e. The number of hydrogen-bond acceptors (Lipinski definition) is 3. The van der Waals surface area contributed by atoms with Crippen molar-refractivity contribution in [3.8, 4) is 0 Å². The Balaban J connectivity index is 2.59. The number of carboxylic acids is 1. The van der Waals surface area contributed by atoms with Crippen LogP contribution in [-0.4, -0.2) is 61.0 Å². The highest BCUT2D eigenvalue weighted by molar-refractivity contribution is 5.95. The third kappa shape index (κ3) is 4.71. The predicted octanol–water partition coefficient (Wildman–Crippen LogP) is 1.41. The number of nitrogens with zero attached hydrogens (tertiary/aromatic N) is 2. The van der Waals surface area contributed by atoms with Gasteiger partial charge in [-0.15, -0.1) is 0 Å². The Hall–Kier alpha value is -1.88. The van der Waals surface area contributed by atoms with Crippen molar-refractivity contribution >= 4 is 11.9 Å². The van der Waals surface area contributed by atoms with Crippen LogP contribution in [0.25, 0.3) is 0 Å². The minimum absolute atomic E-state index is 0.0873. The Labute approximate surface area is 113 Å². The van der Waals surface area contributed by atoms with Crippen molar-refractivity contribution in [2.45, 2.75) is 6.42 Å². The van der Waals surface area contributed by atoms with Gasteiger partial charge in [0.15, 0.2) is 0 Å². The fourth-order valence-electron chi connectivity index (χ4n) is 1.70. The van der Waals surface area contributed by atoms with Crippen LogP contribution < -0.4 is 0 Å². The summed E-state index contributed by atoms with van der Waals surface area (Å²) in [5, 5.41) is 8.79. The van der Waals surface area contributed by atoms with E-state index in [0.717, 1.165) is 13.0 Å². The normalized spacial score (nSPS) is 10.5. The van der Waals surface area contributed by atoms with E-state index in [9.17, 15) is 9.59 Å². The number of amides is 1. The van der Waals surface area contributed by atoms with E-state index in [0.29, 0.717) is 12.1 Å². The Kier molecular flexibility index (Phi) is 5.51. The first-order valence-corrected chi connectivity index (χ1v) is 6.15. The predicted molar refractivity (Wildman–Crippen MR) is 73.5 cm³/mol. The van der Waals surface area contributed by atoms with Gasteiger partial charge in [0.1, 0.15) is 0 Å². The summed E-state index contributed by atoms with van der Waals surface area (Å²) in [5.74, 6) is -1.07. The number of rotatable bonds is 6. The third-order valence-corrected chi connectivity index (χ3v) is 2.82. The van der Waals surface area contributed by atoms with Crippen molar-refractivity contribution in [3.63, 3.8) is 0 Å². The second-order valence-corrected chi connectivity index (χ2v) is 4.77. The van der Waals surface area contributed by atoms with Gasteiger partial charge in [-0.05, 0) is 51.3 Å². The highest BCUT2D eigenvalue weighted by atomic mass is 16.4. The van der Waals surface area contributed by atoms with Crippen LogP contribution in [0.15, 0.2) is 24.3 Å². The molecule has 0 aliphatic rings. The number of carboxylic acid groups (broad SMARTS) is 1. The molecule has 1 N–H and O–H groups in total. The molecule has 1 aromatic rings. The van der Waals surface area contributed by atoms with E-state index in [1.165, 1.54) is 12.1 Å². The number of hydrogen-bond donors (Lipinski definition) is 1. The Morgan fingerprint density at radius 2 is 1.53 bits per heavy atom. The van der Waals surface area contributed by atoms with Crippen molar-refractivity contribution in [2.24, 2.45) is 0 Å². The molecule has 1 amide bonds. The minimum Gasteiger partial charge on any atom is -0.478 e. The standard InChI is InChI=1S/C14H20N2O3/c1-15(2)9-4-10-16(3)13(17)11-5-7-12(8-6-11)14(18)19/h5-8H,4,9-10H2,1-3H3,(H,18,19). The fourth-order valence-corrected chi connectivity index (χ4v) is 1.70. The molecular weight excluding hydrogens is 244 g/mol. The van der Waals surface area contributed by atoms with Gasteiger partial charge in [-0.25, -0.2) is 4.79 Å². The van der Waals surface area contributed by atoms with Gasteiger partial charge in [0.2, 0.25) is 0 Å². The molecule has 0 aliphatic carbocycles. The topological polar surface area (TPSA) is 60.9 Å². The summed E-state index contributed by atoms with van der Waals surface area (Å²) in [6.07, 6.45) is 0.905. The second-order valence-electron chi connectivity index (χ2n) is 4.77. The highest BCUT2D eigenvalue weighted by Gasteiger charge is 2.12. The van der Waals surface area contributed by atoms with Gasteiger partial charge in [-0.2, -0.15) is 0 Å². The van der Waals surface area contributed by atoms with Crippen LogP contribution >= 0.6 is 0 Å². The molecule has 5 heteroatoms. The summed E-state index contributed by atoms with van der Waals surface area (Å²) in [7, 11) is 5.74. The molecule has 1 aromatic carbocycles. The summed E-state index contributed by atoms with van der Waals surface area (Å²) in [5.41, 5.74) is 0.698. The summed E-state index contributed by atoms with van der Waals surface area (Å²) >= 11 is 0. The van der Waals surface area contributed by atoms with Crippen molar-refractivity contribution in [2.75, 3.05) is 34.2 Å². The summed E-state index contributed by atoms with van der Waals surface area (Å²) in [6, 6.07) is 5.99. The van der Waals surface area contributed by atoms with Crippen LogP contribution in [0.2, 0.25) is 0 Å². The highest BCUT2D eigenvalue weighted by Crippen LogP contribution is 2.07. The molecule has 1 rings (SSSR count). The van der Waals surface area contributed by atoms with E-state index in [1.807, 2.05) is 14.1 Å². The monoisotopic (exact) mass is 264 g/mol. The van der Waals surface area contributed by atoms with Gasteiger partial charge >= 0.3 is 5.97 Å². The lowest BCUT2D eigenvalue weighted by Gasteiger charge is -2.18. The fraction of sp³-hybridized carbons (Fsp3) is 0.429. The van der Waals surface area contributed by atoms with Gasteiger partial charge < -0.3 is 14.9 Å². The van der Waals surface area contributed by atoms with E-state index in [-0.39, 0.29) is 11.5 Å². The van der Waals surface area contributed by atoms with Gasteiger partial charge in [0, 0.05) is 19.2 Å². The molecule has 0 bridgehead atoms. The summed E-state index contributed by atoms with van der Waals surface area (Å²) < 4.78 is 0. The van der Waals surface area contributed by atoms with Gasteiger partial charge in [0.05, 0.1) is 5.56 Å². The number of aromatic carboxylic acids is 1. The molecule has 0 unspecified atom stereocenters. The third-order valence-electron chi connectivity index (χ3n) is 2.82. The molecule has 0 saturated carbocycles. The van der Waals surface area contributed by atoms with E-state index < -0.39 is 5.97 Å². The molecule has 5 nitrogen and oxygen atoms in total. The maximum Gasteiger partial charge on any atom is 0.335 e. The Morgan fingerprint density at radius 1 is 1.00 bits per heavy atom. The number of carbonyl (C=O) groups is 2. The minimum atomic E-state index is -0.988. The first kappa shape index (κ1) is 15.2. The van der Waals surface area contributed by atoms with Crippen LogP contribution in [-0.2, 0) is 0 Å². The molecule has 0 heterocycles. The number of benzene rings is 1. The lowest BCUT2D eigenvalue weighted by molar-refractivity contribution is 0.0695. The summed E-state index contributed by atoms with van der Waals surface area (Å²) in [4.78, 5) is 26.5. The van der Waals surface area contributed by atoms with Crippen LogP contribution in [0, 0.1) is 0 Å². The van der Waals surface area contributed by atoms with Gasteiger partial charge in [-0.1, -0.05) is 0 Å². The zero-order valence-corrected chi connectivity index (χ0v) is 11.6. The number of carbonyl (C=O) groups excluding carboxylic acids is 1. The van der Waals surface area contributed by atoms with Crippen molar-refractivity contribution in [1.82, 2.24) is 9.80 Å². The van der Waals surface area contributed by atoms with E-state index in [4.69, 9.17) is 5.11 Å². The van der Waals surface area contributed by atoms with E-state index >= 15 is 0 Å². The average Bonchev–Trinajstić information content (AvgIpc) is 2.37. The lowest BCUT2D eigenvalue weighted by atomic mass is 10.1. The molecule has 0 saturated heterocycles.